The molecule has 0 aromatic carbocycles. The van der Waals surface area contributed by atoms with Gasteiger partial charge in [-0.2, -0.15) is 0 Å². The van der Waals surface area contributed by atoms with E-state index in [9.17, 15) is 9.59 Å². The maximum atomic E-state index is 11.3. The summed E-state index contributed by atoms with van der Waals surface area (Å²) in [5.41, 5.74) is -0.611. The fourth-order valence-electron chi connectivity index (χ4n) is 2.19. The molecule has 1 aromatic heterocycles. The first-order valence-corrected chi connectivity index (χ1v) is 9.09. The van der Waals surface area contributed by atoms with Crippen molar-refractivity contribution in [3.63, 3.8) is 0 Å². The topological polar surface area (TPSA) is 83.0 Å². The number of thioether (sulfide) groups is 1. The first-order chi connectivity index (χ1) is 10.6. The van der Waals surface area contributed by atoms with Gasteiger partial charge >= 0.3 is 5.97 Å². The van der Waals surface area contributed by atoms with E-state index >= 15 is 0 Å². The van der Waals surface area contributed by atoms with Crippen molar-refractivity contribution in [1.82, 2.24) is 9.97 Å². The van der Waals surface area contributed by atoms with E-state index in [0.717, 1.165) is 18.2 Å². The zero-order valence-corrected chi connectivity index (χ0v) is 14.1. The quantitative estimate of drug-likeness (QED) is 0.343. The molecule has 1 aromatic rings. The van der Waals surface area contributed by atoms with Crippen LogP contribution in [0.1, 0.15) is 75.2 Å². The zero-order chi connectivity index (χ0) is 16.2. The van der Waals surface area contributed by atoms with Crippen LogP contribution in [0.25, 0.3) is 0 Å². The molecule has 0 aliphatic rings. The van der Waals surface area contributed by atoms with Crippen LogP contribution in [0.15, 0.2) is 16.0 Å². The Labute approximate surface area is 135 Å². The smallest absolute Gasteiger partial charge is 0.354 e. The predicted octanol–water partition coefficient (Wildman–Crippen LogP) is 4.09. The van der Waals surface area contributed by atoms with Crippen LogP contribution in [0.3, 0.4) is 0 Å². The van der Waals surface area contributed by atoms with Crippen molar-refractivity contribution < 1.29 is 9.90 Å². The minimum Gasteiger partial charge on any atom is -0.477 e. The van der Waals surface area contributed by atoms with E-state index in [-0.39, 0.29) is 5.69 Å². The first-order valence-electron chi connectivity index (χ1n) is 8.11. The lowest BCUT2D eigenvalue weighted by Gasteiger charge is -2.03. The van der Waals surface area contributed by atoms with E-state index in [1.807, 2.05) is 0 Å². The summed E-state index contributed by atoms with van der Waals surface area (Å²) in [6, 6.07) is 1.00. The Hall–Kier alpha value is -1.30. The van der Waals surface area contributed by atoms with Gasteiger partial charge in [-0.3, -0.25) is 4.79 Å². The number of aromatic nitrogens is 2. The Morgan fingerprint density at radius 2 is 1.73 bits per heavy atom. The number of carboxylic acid groups (broad SMARTS) is 1. The Bertz CT molecular complexity index is 502. The normalized spacial score (nSPS) is 10.8. The van der Waals surface area contributed by atoms with Crippen molar-refractivity contribution in [2.75, 3.05) is 5.75 Å². The van der Waals surface area contributed by atoms with E-state index in [1.165, 1.54) is 63.1 Å². The van der Waals surface area contributed by atoms with Gasteiger partial charge in [-0.25, -0.2) is 9.78 Å². The molecule has 0 aliphatic carbocycles. The number of hydrogen-bond acceptors (Lipinski definition) is 4. The van der Waals surface area contributed by atoms with Gasteiger partial charge in [0, 0.05) is 11.8 Å². The summed E-state index contributed by atoms with van der Waals surface area (Å²) in [4.78, 5) is 28.6. The first kappa shape index (κ1) is 18.7. The Kier molecular flexibility index (Phi) is 9.62. The number of aromatic carboxylic acids is 1. The number of H-pyrrole nitrogens is 1. The molecule has 0 amide bonds. The number of carboxylic acids is 1. The van der Waals surface area contributed by atoms with Crippen LogP contribution in [-0.2, 0) is 0 Å². The van der Waals surface area contributed by atoms with E-state index in [1.54, 1.807) is 0 Å². The Morgan fingerprint density at radius 3 is 2.32 bits per heavy atom. The molecular weight excluding hydrogens is 300 g/mol. The molecular formula is C16H26N2O3S. The van der Waals surface area contributed by atoms with Gasteiger partial charge in [-0.1, -0.05) is 70.1 Å². The minimum absolute atomic E-state index is 0.196. The number of unbranched alkanes of at least 4 members (excludes halogenated alkanes) is 8. The monoisotopic (exact) mass is 326 g/mol. The Morgan fingerprint density at radius 1 is 1.14 bits per heavy atom. The van der Waals surface area contributed by atoms with Gasteiger partial charge in [0.1, 0.15) is 0 Å². The van der Waals surface area contributed by atoms with Crippen LogP contribution in [0.5, 0.6) is 0 Å². The summed E-state index contributed by atoms with van der Waals surface area (Å²) in [5.74, 6) is -0.321. The van der Waals surface area contributed by atoms with Gasteiger partial charge < -0.3 is 10.1 Å². The standard InChI is InChI=1S/C16H26N2O3S/c1-2-3-4-5-6-7-8-9-10-11-22-16-17-13(15(20)21)12-14(19)18-16/h12H,2-11H2,1H3,(H,20,21)(H,17,18,19). The molecule has 0 bridgehead atoms. The van der Waals surface area contributed by atoms with Crippen LogP contribution in [0.2, 0.25) is 0 Å². The predicted molar refractivity (Wildman–Crippen MR) is 89.8 cm³/mol. The van der Waals surface area contributed by atoms with Crippen molar-refractivity contribution in [3.8, 4) is 0 Å². The van der Waals surface area contributed by atoms with Crippen LogP contribution < -0.4 is 5.56 Å². The number of nitrogens with one attached hydrogen (secondary N) is 1. The number of rotatable bonds is 12. The molecule has 0 spiro atoms. The van der Waals surface area contributed by atoms with Gasteiger partial charge in [0.25, 0.3) is 5.56 Å². The molecule has 1 heterocycles. The van der Waals surface area contributed by atoms with Crippen LogP contribution in [0, 0.1) is 0 Å². The van der Waals surface area contributed by atoms with Crippen molar-refractivity contribution >= 4 is 17.7 Å². The molecule has 0 atom stereocenters. The van der Waals surface area contributed by atoms with E-state index < -0.39 is 11.5 Å². The van der Waals surface area contributed by atoms with Gasteiger partial charge in [0.15, 0.2) is 10.9 Å². The molecule has 0 saturated heterocycles. The summed E-state index contributed by atoms with van der Waals surface area (Å²) in [6.07, 6.45) is 11.4. The van der Waals surface area contributed by atoms with Crippen LogP contribution in [0.4, 0.5) is 0 Å². The number of nitrogens with zero attached hydrogens (tertiary/aromatic N) is 1. The summed E-state index contributed by atoms with van der Waals surface area (Å²) >= 11 is 1.41. The van der Waals surface area contributed by atoms with Gasteiger partial charge in [0.05, 0.1) is 0 Å². The second kappa shape index (κ2) is 11.3. The highest BCUT2D eigenvalue weighted by Crippen LogP contribution is 2.16. The third kappa shape index (κ3) is 8.22. The molecule has 0 fully saturated rings. The van der Waals surface area contributed by atoms with E-state index in [2.05, 4.69) is 16.9 Å². The SMILES string of the molecule is CCCCCCCCCCCSc1nc(C(=O)O)cc(=O)[nH]1. The summed E-state index contributed by atoms with van der Waals surface area (Å²) in [7, 11) is 0. The lowest BCUT2D eigenvalue weighted by molar-refractivity contribution is 0.0689. The second-order valence-corrected chi connectivity index (χ2v) is 6.50. The van der Waals surface area contributed by atoms with Crippen LogP contribution in [-0.4, -0.2) is 26.8 Å². The summed E-state index contributed by atoms with van der Waals surface area (Å²) in [5, 5.41) is 9.25. The van der Waals surface area contributed by atoms with E-state index in [0.29, 0.717) is 5.16 Å². The molecule has 1 rings (SSSR count). The molecule has 22 heavy (non-hydrogen) atoms. The average Bonchev–Trinajstić information content (AvgIpc) is 2.48. The molecule has 0 saturated carbocycles. The lowest BCUT2D eigenvalue weighted by atomic mass is 10.1. The maximum Gasteiger partial charge on any atom is 0.354 e. The minimum atomic E-state index is -1.17. The second-order valence-electron chi connectivity index (χ2n) is 5.42. The molecule has 2 N–H and O–H groups in total. The van der Waals surface area contributed by atoms with Crippen molar-refractivity contribution in [1.29, 1.82) is 0 Å². The van der Waals surface area contributed by atoms with Crippen molar-refractivity contribution in [3.05, 3.63) is 22.1 Å². The van der Waals surface area contributed by atoms with E-state index in [4.69, 9.17) is 5.11 Å². The molecule has 124 valence electrons. The Balaban J connectivity index is 2.12. The highest BCUT2D eigenvalue weighted by atomic mass is 32.2. The van der Waals surface area contributed by atoms with Crippen molar-refractivity contribution in [2.45, 2.75) is 69.9 Å². The largest absolute Gasteiger partial charge is 0.477 e. The number of aromatic amines is 1. The number of hydrogen-bond donors (Lipinski definition) is 2. The third-order valence-corrected chi connectivity index (χ3v) is 4.39. The molecule has 6 heteroatoms. The fourth-order valence-corrected chi connectivity index (χ4v) is 3.07. The highest BCUT2D eigenvalue weighted by Gasteiger charge is 2.08. The number of carbonyl (C=O) groups is 1. The third-order valence-electron chi connectivity index (χ3n) is 3.43. The molecule has 0 unspecified atom stereocenters. The fraction of sp³-hybridized carbons (Fsp3) is 0.688. The molecule has 5 nitrogen and oxygen atoms in total. The highest BCUT2D eigenvalue weighted by molar-refractivity contribution is 7.99. The summed E-state index contributed by atoms with van der Waals surface area (Å²) in [6.45, 7) is 2.23. The zero-order valence-electron chi connectivity index (χ0n) is 13.3. The molecule has 0 radical (unpaired) electrons. The van der Waals surface area contributed by atoms with Gasteiger partial charge in [0.2, 0.25) is 0 Å². The summed E-state index contributed by atoms with van der Waals surface area (Å²) < 4.78 is 0. The van der Waals surface area contributed by atoms with Gasteiger partial charge in [-0.15, -0.1) is 0 Å². The average molecular weight is 326 g/mol. The van der Waals surface area contributed by atoms with Crippen LogP contribution >= 0.6 is 11.8 Å². The maximum absolute atomic E-state index is 11.3. The van der Waals surface area contributed by atoms with Gasteiger partial charge in [-0.05, 0) is 6.42 Å². The molecule has 0 aliphatic heterocycles. The lowest BCUT2D eigenvalue weighted by Crippen LogP contribution is -2.13. The van der Waals surface area contributed by atoms with Crippen molar-refractivity contribution in [2.24, 2.45) is 0 Å².